The zero-order chi connectivity index (χ0) is 14.3. The van der Waals surface area contributed by atoms with Crippen LogP contribution in [-0.4, -0.2) is 42.6 Å². The lowest BCUT2D eigenvalue weighted by Crippen LogP contribution is -2.36. The van der Waals surface area contributed by atoms with Crippen molar-refractivity contribution in [3.05, 3.63) is 29.6 Å². The van der Waals surface area contributed by atoms with E-state index >= 15 is 0 Å². The van der Waals surface area contributed by atoms with Crippen molar-refractivity contribution >= 4 is 5.91 Å². The first-order chi connectivity index (χ1) is 9.08. The number of nitrogens with zero attached hydrogens (tertiary/aromatic N) is 2. The zero-order valence-corrected chi connectivity index (χ0v) is 11.9. The molecular weight excluding hydrogens is 242 g/mol. The molecule has 0 aromatic carbocycles. The Labute approximate surface area is 114 Å². The number of nitrogens with two attached hydrogens (primary N) is 1. The molecule has 0 bridgehead atoms. The Bertz CT molecular complexity index is 407. The molecule has 1 rings (SSSR count). The van der Waals surface area contributed by atoms with E-state index in [4.69, 9.17) is 10.5 Å². The predicted molar refractivity (Wildman–Crippen MR) is 74.7 cm³/mol. The highest BCUT2D eigenvalue weighted by Crippen LogP contribution is 2.08. The Morgan fingerprint density at radius 2 is 2.26 bits per heavy atom. The Kier molecular flexibility index (Phi) is 6.45. The van der Waals surface area contributed by atoms with E-state index in [9.17, 15) is 4.79 Å². The number of ether oxygens (including phenoxy) is 1. The van der Waals surface area contributed by atoms with Crippen LogP contribution in [0.1, 0.15) is 29.9 Å². The van der Waals surface area contributed by atoms with Gasteiger partial charge in [0.05, 0.1) is 12.3 Å². The van der Waals surface area contributed by atoms with Gasteiger partial charge in [0.25, 0.3) is 5.91 Å². The second kappa shape index (κ2) is 7.86. The molecule has 0 unspecified atom stereocenters. The van der Waals surface area contributed by atoms with Crippen LogP contribution in [0.5, 0.6) is 0 Å². The summed E-state index contributed by atoms with van der Waals surface area (Å²) in [5.41, 5.74) is 6.90. The molecule has 0 spiro atoms. The topological polar surface area (TPSA) is 68.5 Å². The molecule has 0 aliphatic rings. The lowest BCUT2D eigenvalue weighted by molar-refractivity contribution is 0.0672. The molecule has 0 radical (unpaired) electrons. The van der Waals surface area contributed by atoms with E-state index in [1.165, 1.54) is 0 Å². The fourth-order valence-corrected chi connectivity index (χ4v) is 1.82. The maximum atomic E-state index is 12.5. The highest BCUT2D eigenvalue weighted by molar-refractivity contribution is 5.94. The van der Waals surface area contributed by atoms with Crippen LogP contribution in [0.2, 0.25) is 0 Å². The fraction of sp³-hybridized carbons (Fsp3) is 0.571. The van der Waals surface area contributed by atoms with Gasteiger partial charge in [-0.1, -0.05) is 13.8 Å². The summed E-state index contributed by atoms with van der Waals surface area (Å²) in [6.07, 6.45) is 1.62. The van der Waals surface area contributed by atoms with Gasteiger partial charge in [0.2, 0.25) is 0 Å². The van der Waals surface area contributed by atoms with Gasteiger partial charge in [-0.25, -0.2) is 0 Å². The molecule has 0 aliphatic heterocycles. The smallest absolute Gasteiger partial charge is 0.254 e. The van der Waals surface area contributed by atoms with Crippen molar-refractivity contribution in [3.63, 3.8) is 0 Å². The summed E-state index contributed by atoms with van der Waals surface area (Å²) >= 11 is 0. The van der Waals surface area contributed by atoms with E-state index < -0.39 is 0 Å². The minimum Gasteiger partial charge on any atom is -0.383 e. The summed E-state index contributed by atoms with van der Waals surface area (Å²) < 4.78 is 5.06. The van der Waals surface area contributed by atoms with Crippen LogP contribution in [-0.2, 0) is 11.3 Å². The van der Waals surface area contributed by atoms with Crippen LogP contribution < -0.4 is 5.73 Å². The molecular formula is C14H23N3O2. The quantitative estimate of drug-likeness (QED) is 0.806. The molecule has 0 saturated carbocycles. The van der Waals surface area contributed by atoms with E-state index in [-0.39, 0.29) is 5.91 Å². The highest BCUT2D eigenvalue weighted by atomic mass is 16.5. The largest absolute Gasteiger partial charge is 0.383 e. The van der Waals surface area contributed by atoms with Crippen LogP contribution in [0.3, 0.4) is 0 Å². The number of hydrogen-bond donors (Lipinski definition) is 1. The number of carbonyl (C=O) groups is 1. The molecule has 5 nitrogen and oxygen atoms in total. The monoisotopic (exact) mass is 265 g/mol. The molecule has 1 amide bonds. The van der Waals surface area contributed by atoms with Crippen LogP contribution in [0.15, 0.2) is 18.3 Å². The molecule has 1 aromatic heterocycles. The summed E-state index contributed by atoms with van der Waals surface area (Å²) in [5.74, 6) is 0.416. The van der Waals surface area contributed by atoms with Gasteiger partial charge in [-0.15, -0.1) is 0 Å². The summed E-state index contributed by atoms with van der Waals surface area (Å²) in [6.45, 7) is 6.35. The SMILES string of the molecule is COCCN(CC(C)C)C(=O)c1ccnc(CN)c1. The molecule has 1 aromatic rings. The Balaban J connectivity index is 2.84. The predicted octanol–water partition coefficient (Wildman–Crippen LogP) is 1.28. The Morgan fingerprint density at radius 1 is 1.53 bits per heavy atom. The molecule has 0 atom stereocenters. The summed E-state index contributed by atoms with van der Waals surface area (Å²) in [6, 6.07) is 3.48. The number of rotatable bonds is 7. The number of pyridine rings is 1. The molecule has 106 valence electrons. The maximum absolute atomic E-state index is 12.5. The minimum atomic E-state index is 0.00264. The van der Waals surface area contributed by atoms with Gasteiger partial charge >= 0.3 is 0 Å². The lowest BCUT2D eigenvalue weighted by atomic mass is 10.1. The normalized spacial score (nSPS) is 10.8. The number of methoxy groups -OCH3 is 1. The second-order valence-corrected chi connectivity index (χ2v) is 4.88. The third kappa shape index (κ3) is 4.96. The molecule has 19 heavy (non-hydrogen) atoms. The van der Waals surface area contributed by atoms with Crippen molar-refractivity contribution in [2.45, 2.75) is 20.4 Å². The Morgan fingerprint density at radius 3 is 2.84 bits per heavy atom. The average Bonchev–Trinajstić information content (AvgIpc) is 2.42. The van der Waals surface area contributed by atoms with Gasteiger partial charge in [-0.2, -0.15) is 0 Å². The number of carbonyl (C=O) groups excluding carboxylic acids is 1. The Hall–Kier alpha value is -1.46. The third-order valence-corrected chi connectivity index (χ3v) is 2.71. The third-order valence-electron chi connectivity index (χ3n) is 2.71. The lowest BCUT2D eigenvalue weighted by Gasteiger charge is -2.24. The van der Waals surface area contributed by atoms with Gasteiger partial charge in [0, 0.05) is 38.5 Å². The average molecular weight is 265 g/mol. The zero-order valence-electron chi connectivity index (χ0n) is 11.9. The molecule has 1 heterocycles. The number of amides is 1. The summed E-state index contributed by atoms with van der Waals surface area (Å²) in [5, 5.41) is 0. The van der Waals surface area contributed by atoms with Gasteiger partial charge in [-0.05, 0) is 18.1 Å². The van der Waals surface area contributed by atoms with Crippen molar-refractivity contribution < 1.29 is 9.53 Å². The number of aromatic nitrogens is 1. The summed E-state index contributed by atoms with van der Waals surface area (Å²) in [7, 11) is 1.64. The van der Waals surface area contributed by atoms with Gasteiger partial charge in [-0.3, -0.25) is 9.78 Å². The van der Waals surface area contributed by atoms with Crippen LogP contribution >= 0.6 is 0 Å². The van der Waals surface area contributed by atoms with Crippen LogP contribution in [0.25, 0.3) is 0 Å². The van der Waals surface area contributed by atoms with E-state index in [1.807, 2.05) is 4.90 Å². The molecule has 0 fully saturated rings. The maximum Gasteiger partial charge on any atom is 0.254 e. The highest BCUT2D eigenvalue weighted by Gasteiger charge is 2.17. The van der Waals surface area contributed by atoms with Crippen molar-refractivity contribution in [1.82, 2.24) is 9.88 Å². The van der Waals surface area contributed by atoms with E-state index in [0.29, 0.717) is 37.7 Å². The standard InChI is InChI=1S/C14H23N3O2/c1-11(2)10-17(6-7-19-3)14(18)12-4-5-16-13(8-12)9-15/h4-5,8,11H,6-7,9-10,15H2,1-3H3. The van der Waals surface area contributed by atoms with Gasteiger partial charge < -0.3 is 15.4 Å². The first-order valence-corrected chi connectivity index (χ1v) is 6.51. The molecule has 0 aliphatic carbocycles. The van der Waals surface area contributed by atoms with Gasteiger partial charge in [0.15, 0.2) is 0 Å². The summed E-state index contributed by atoms with van der Waals surface area (Å²) in [4.78, 5) is 18.4. The van der Waals surface area contributed by atoms with Crippen molar-refractivity contribution in [1.29, 1.82) is 0 Å². The van der Waals surface area contributed by atoms with Crippen LogP contribution in [0, 0.1) is 5.92 Å². The first kappa shape index (κ1) is 15.6. The van der Waals surface area contributed by atoms with Gasteiger partial charge in [0.1, 0.15) is 0 Å². The van der Waals surface area contributed by atoms with Crippen molar-refractivity contribution in [2.75, 3.05) is 26.8 Å². The molecule has 0 saturated heterocycles. The fourth-order valence-electron chi connectivity index (χ4n) is 1.82. The van der Waals surface area contributed by atoms with Crippen molar-refractivity contribution in [2.24, 2.45) is 11.7 Å². The van der Waals surface area contributed by atoms with Crippen molar-refractivity contribution in [3.8, 4) is 0 Å². The van der Waals surface area contributed by atoms with E-state index in [0.717, 1.165) is 5.69 Å². The van der Waals surface area contributed by atoms with E-state index in [1.54, 1.807) is 25.4 Å². The first-order valence-electron chi connectivity index (χ1n) is 6.51. The molecule has 5 heteroatoms. The molecule has 2 N–H and O–H groups in total. The second-order valence-electron chi connectivity index (χ2n) is 4.88. The minimum absolute atomic E-state index is 0.00264. The van der Waals surface area contributed by atoms with E-state index in [2.05, 4.69) is 18.8 Å². The number of hydrogen-bond acceptors (Lipinski definition) is 4. The van der Waals surface area contributed by atoms with Crippen LogP contribution in [0.4, 0.5) is 0 Å².